The van der Waals surface area contributed by atoms with Gasteiger partial charge in [-0.3, -0.25) is 9.59 Å². The molecule has 1 N–H and O–H groups in total. The average Bonchev–Trinajstić information content (AvgIpc) is 3.05. The Hall–Kier alpha value is -1.10. The van der Waals surface area contributed by atoms with Crippen molar-refractivity contribution >= 4 is 11.8 Å². The summed E-state index contributed by atoms with van der Waals surface area (Å²) in [5.74, 6) is 1.80. The summed E-state index contributed by atoms with van der Waals surface area (Å²) in [6, 6.07) is -0.226. The van der Waals surface area contributed by atoms with Gasteiger partial charge in [0.05, 0.1) is 0 Å². The number of hydrogen-bond donors (Lipinski definition) is 1. The van der Waals surface area contributed by atoms with Crippen LogP contribution in [0.5, 0.6) is 0 Å². The van der Waals surface area contributed by atoms with Crippen LogP contribution in [0.2, 0.25) is 0 Å². The molecule has 0 bridgehead atoms. The van der Waals surface area contributed by atoms with Gasteiger partial charge in [-0.25, -0.2) is 0 Å². The minimum Gasteiger partial charge on any atom is -0.341 e. The topological polar surface area (TPSA) is 52.7 Å². The number of nitrogens with one attached hydrogen (secondary N) is 1. The molecule has 0 spiro atoms. The highest BCUT2D eigenvalue weighted by Crippen LogP contribution is 2.28. The largest absolute Gasteiger partial charge is 0.341 e. The van der Waals surface area contributed by atoms with Crippen LogP contribution < -0.4 is 5.32 Å². The van der Waals surface area contributed by atoms with Crippen LogP contribution in [0.3, 0.4) is 0 Å². The van der Waals surface area contributed by atoms with E-state index in [0.29, 0.717) is 6.42 Å². The van der Waals surface area contributed by atoms with Gasteiger partial charge >= 0.3 is 0 Å². The minimum absolute atomic E-state index is 0.158. The van der Waals surface area contributed by atoms with Crippen LogP contribution >= 0.6 is 0 Å². The quantitative estimate of drug-likeness (QED) is 0.839. The number of carbonyl (C=O) groups is 2. The predicted molar refractivity (Wildman–Crippen MR) is 80.7 cm³/mol. The highest BCUT2D eigenvalue weighted by molar-refractivity contribution is 5.88. The van der Waals surface area contributed by atoms with Gasteiger partial charge in [0, 0.05) is 26.1 Å². The molecule has 5 heteroatoms. The minimum atomic E-state index is -0.226. The lowest BCUT2D eigenvalue weighted by Gasteiger charge is -2.31. The number of carbonyl (C=O) groups excluding carboxylic acids is 2. The SMILES string of the molecule is CCC(C(=O)N1CC[C@@H]2CNC[C@@H]2CC1)N1CCCC1=O. The van der Waals surface area contributed by atoms with E-state index in [9.17, 15) is 9.59 Å². The van der Waals surface area contributed by atoms with Gasteiger partial charge in [0.2, 0.25) is 11.8 Å². The molecule has 5 nitrogen and oxygen atoms in total. The number of hydrogen-bond acceptors (Lipinski definition) is 3. The van der Waals surface area contributed by atoms with Crippen LogP contribution in [0.25, 0.3) is 0 Å². The number of nitrogens with zero attached hydrogens (tertiary/aromatic N) is 2. The van der Waals surface area contributed by atoms with Crippen molar-refractivity contribution < 1.29 is 9.59 Å². The Labute approximate surface area is 127 Å². The summed E-state index contributed by atoms with van der Waals surface area (Å²) in [5, 5.41) is 3.46. The van der Waals surface area contributed by atoms with Gasteiger partial charge in [-0.05, 0) is 50.6 Å². The molecule has 0 aromatic carbocycles. The molecule has 3 heterocycles. The first-order chi connectivity index (χ1) is 10.2. The lowest BCUT2D eigenvalue weighted by molar-refractivity contribution is -0.143. The highest BCUT2D eigenvalue weighted by atomic mass is 16.2. The van der Waals surface area contributed by atoms with E-state index in [1.165, 1.54) is 0 Å². The summed E-state index contributed by atoms with van der Waals surface area (Å²) >= 11 is 0. The van der Waals surface area contributed by atoms with Crippen molar-refractivity contribution in [1.82, 2.24) is 15.1 Å². The Morgan fingerprint density at radius 3 is 2.43 bits per heavy atom. The van der Waals surface area contributed by atoms with Crippen LogP contribution in [-0.2, 0) is 9.59 Å². The molecule has 3 saturated heterocycles. The molecule has 3 atom stereocenters. The molecule has 21 heavy (non-hydrogen) atoms. The van der Waals surface area contributed by atoms with Gasteiger partial charge in [-0.15, -0.1) is 0 Å². The summed E-state index contributed by atoms with van der Waals surface area (Å²) in [5.41, 5.74) is 0. The van der Waals surface area contributed by atoms with Gasteiger partial charge in [0.15, 0.2) is 0 Å². The molecular weight excluding hydrogens is 266 g/mol. The van der Waals surface area contributed by atoms with Crippen molar-refractivity contribution in [3.8, 4) is 0 Å². The summed E-state index contributed by atoms with van der Waals surface area (Å²) in [6.45, 7) is 6.71. The molecule has 0 aromatic rings. The summed E-state index contributed by atoms with van der Waals surface area (Å²) in [7, 11) is 0. The van der Waals surface area contributed by atoms with Crippen LogP contribution in [-0.4, -0.2) is 60.4 Å². The second-order valence-corrected chi connectivity index (χ2v) is 6.70. The molecule has 118 valence electrons. The van der Waals surface area contributed by atoms with E-state index in [2.05, 4.69) is 5.32 Å². The first kappa shape index (κ1) is 14.8. The molecule has 0 aliphatic carbocycles. The maximum absolute atomic E-state index is 12.9. The Kier molecular flexibility index (Phi) is 4.48. The van der Waals surface area contributed by atoms with E-state index in [-0.39, 0.29) is 17.9 Å². The normalized spacial score (nSPS) is 31.2. The molecule has 3 fully saturated rings. The fraction of sp³-hybridized carbons (Fsp3) is 0.875. The third kappa shape index (κ3) is 2.93. The lowest BCUT2D eigenvalue weighted by Crippen LogP contribution is -2.49. The van der Waals surface area contributed by atoms with E-state index < -0.39 is 0 Å². The van der Waals surface area contributed by atoms with Gasteiger partial charge in [-0.2, -0.15) is 0 Å². The Balaban J connectivity index is 1.64. The number of fused-ring (bicyclic) bond motifs is 1. The highest BCUT2D eigenvalue weighted by Gasteiger charge is 2.36. The molecule has 0 radical (unpaired) electrons. The first-order valence-corrected chi connectivity index (χ1v) is 8.49. The Morgan fingerprint density at radius 2 is 1.90 bits per heavy atom. The van der Waals surface area contributed by atoms with Crippen molar-refractivity contribution in [2.24, 2.45) is 11.8 Å². The van der Waals surface area contributed by atoms with Gasteiger partial charge < -0.3 is 15.1 Å². The van der Waals surface area contributed by atoms with E-state index in [4.69, 9.17) is 0 Å². The molecular formula is C16H27N3O2. The molecule has 2 amide bonds. The molecule has 3 aliphatic rings. The summed E-state index contributed by atoms with van der Waals surface area (Å²) in [6.07, 6.45) is 4.45. The Bertz CT molecular complexity index is 398. The molecule has 0 saturated carbocycles. The van der Waals surface area contributed by atoms with Crippen molar-refractivity contribution in [1.29, 1.82) is 0 Å². The molecule has 3 rings (SSSR count). The fourth-order valence-corrected chi connectivity index (χ4v) is 4.18. The summed E-state index contributed by atoms with van der Waals surface area (Å²) < 4.78 is 0. The fourth-order valence-electron chi connectivity index (χ4n) is 4.18. The zero-order valence-electron chi connectivity index (χ0n) is 13.0. The third-order valence-electron chi connectivity index (χ3n) is 5.49. The standard InChI is InChI=1S/C16H27N3O2/c1-2-14(19-7-3-4-15(19)20)16(21)18-8-5-12-10-17-11-13(12)6-9-18/h12-14,17H,2-11H2,1H3/t12-,13+,14?. The van der Waals surface area contributed by atoms with Crippen molar-refractivity contribution in [3.05, 3.63) is 0 Å². The number of likely N-dealkylation sites (tertiary alicyclic amines) is 2. The van der Waals surface area contributed by atoms with Crippen molar-refractivity contribution in [3.63, 3.8) is 0 Å². The van der Waals surface area contributed by atoms with E-state index in [1.807, 2.05) is 16.7 Å². The second-order valence-electron chi connectivity index (χ2n) is 6.70. The van der Waals surface area contributed by atoms with Gasteiger partial charge in [0.25, 0.3) is 0 Å². The third-order valence-corrected chi connectivity index (χ3v) is 5.49. The van der Waals surface area contributed by atoms with E-state index in [0.717, 1.165) is 70.2 Å². The zero-order chi connectivity index (χ0) is 14.8. The van der Waals surface area contributed by atoms with Crippen molar-refractivity contribution in [2.75, 3.05) is 32.7 Å². The molecule has 1 unspecified atom stereocenters. The first-order valence-electron chi connectivity index (χ1n) is 8.49. The lowest BCUT2D eigenvalue weighted by atomic mass is 9.92. The molecule has 3 aliphatic heterocycles. The maximum atomic E-state index is 12.9. The van der Waals surface area contributed by atoms with Crippen LogP contribution in [0, 0.1) is 11.8 Å². The monoisotopic (exact) mass is 293 g/mol. The van der Waals surface area contributed by atoms with Gasteiger partial charge in [0.1, 0.15) is 6.04 Å². The van der Waals surface area contributed by atoms with Crippen LogP contribution in [0.15, 0.2) is 0 Å². The predicted octanol–water partition coefficient (Wildman–Crippen LogP) is 0.845. The smallest absolute Gasteiger partial charge is 0.245 e. The van der Waals surface area contributed by atoms with Gasteiger partial charge in [-0.1, -0.05) is 6.92 Å². The summed E-state index contributed by atoms with van der Waals surface area (Å²) in [4.78, 5) is 28.6. The van der Waals surface area contributed by atoms with E-state index in [1.54, 1.807) is 0 Å². The number of amides is 2. The maximum Gasteiger partial charge on any atom is 0.245 e. The molecule has 0 aromatic heterocycles. The van der Waals surface area contributed by atoms with E-state index >= 15 is 0 Å². The zero-order valence-corrected chi connectivity index (χ0v) is 13.0. The second kappa shape index (κ2) is 6.34. The van der Waals surface area contributed by atoms with Crippen LogP contribution in [0.1, 0.15) is 39.0 Å². The van der Waals surface area contributed by atoms with Crippen molar-refractivity contribution in [2.45, 2.75) is 45.1 Å². The van der Waals surface area contributed by atoms with Crippen LogP contribution in [0.4, 0.5) is 0 Å². The average molecular weight is 293 g/mol. The number of rotatable bonds is 3. The Morgan fingerprint density at radius 1 is 1.24 bits per heavy atom.